The molecule has 1 saturated heterocycles. The number of ether oxygens (including phenoxy) is 2. The summed E-state index contributed by atoms with van der Waals surface area (Å²) in [6, 6.07) is 4.57. The third-order valence-corrected chi connectivity index (χ3v) is 11.8. The summed E-state index contributed by atoms with van der Waals surface area (Å²) in [6.07, 6.45) is -1.17. The fourth-order valence-electron chi connectivity index (χ4n) is 6.96. The zero-order valence-electron chi connectivity index (χ0n) is 29.4. The van der Waals surface area contributed by atoms with E-state index in [-0.39, 0.29) is 25.8 Å². The SMILES string of the molecule is CC(C)(C)OC(=O)N[C@H]1CCC(F)(F)CCC=C[C@@H]2C[C@@]2(C(=O)NS(=O)(=O)C2CC2)NC(=O)[C@@H]2C[C@@H](OC(=O)N3Cc4ccccc4C3)CN2C1=O. The molecule has 0 bridgehead atoms. The zero-order chi connectivity index (χ0) is 37.6. The van der Waals surface area contributed by atoms with Crippen molar-refractivity contribution in [3.05, 3.63) is 47.5 Å². The molecule has 1 aromatic rings. The summed E-state index contributed by atoms with van der Waals surface area (Å²) in [5.41, 5.74) is -0.809. The van der Waals surface area contributed by atoms with E-state index >= 15 is 8.78 Å². The van der Waals surface area contributed by atoms with Gasteiger partial charge in [-0.15, -0.1) is 0 Å². The van der Waals surface area contributed by atoms with Crippen molar-refractivity contribution in [2.45, 2.75) is 126 Å². The van der Waals surface area contributed by atoms with Crippen molar-refractivity contribution in [3.63, 3.8) is 0 Å². The number of carbonyl (C=O) groups is 5. The Morgan fingerprint density at radius 1 is 1.02 bits per heavy atom. The minimum absolute atomic E-state index is 0.00488. The summed E-state index contributed by atoms with van der Waals surface area (Å²) < 4.78 is 69.0. The number of nitrogens with one attached hydrogen (secondary N) is 3. The lowest BCUT2D eigenvalue weighted by molar-refractivity contribution is -0.141. The van der Waals surface area contributed by atoms with Crippen LogP contribution in [0.1, 0.15) is 83.3 Å². The average Bonchev–Trinajstić information content (AvgIpc) is 3.94. The number of benzene rings is 1. The fraction of sp³-hybridized carbons (Fsp3) is 0.629. The Morgan fingerprint density at radius 3 is 2.33 bits per heavy atom. The van der Waals surface area contributed by atoms with E-state index in [4.69, 9.17) is 9.47 Å². The van der Waals surface area contributed by atoms with Crippen LogP contribution in [-0.4, -0.2) is 95.2 Å². The Balaban J connectivity index is 1.28. The number of carbonyl (C=O) groups excluding carboxylic acids is 5. The zero-order valence-corrected chi connectivity index (χ0v) is 30.2. The number of amides is 5. The third kappa shape index (κ3) is 8.50. The van der Waals surface area contributed by atoms with Gasteiger partial charge in [0.25, 0.3) is 5.91 Å². The molecule has 0 unspecified atom stereocenters. The molecular formula is C35H45F2N5O9S. The number of sulfonamides is 1. The molecule has 3 fully saturated rings. The van der Waals surface area contributed by atoms with Gasteiger partial charge in [0.2, 0.25) is 27.8 Å². The number of fused-ring (bicyclic) bond motifs is 3. The van der Waals surface area contributed by atoms with Crippen molar-refractivity contribution >= 4 is 39.9 Å². The molecule has 17 heteroatoms. The van der Waals surface area contributed by atoms with Crippen molar-refractivity contribution < 1.29 is 50.6 Å². The lowest BCUT2D eigenvalue weighted by Gasteiger charge is -2.31. The summed E-state index contributed by atoms with van der Waals surface area (Å²) in [5.74, 6) is -6.63. The van der Waals surface area contributed by atoms with Gasteiger partial charge in [0.15, 0.2) is 0 Å². The number of alkyl carbamates (subject to hydrolysis) is 1. The molecular weight excluding hydrogens is 704 g/mol. The molecule has 5 aliphatic rings. The van der Waals surface area contributed by atoms with Gasteiger partial charge < -0.3 is 25.0 Å². The molecule has 0 aromatic heterocycles. The normalized spacial score (nSPS) is 29.0. The first-order valence-electron chi connectivity index (χ1n) is 17.6. The molecule has 2 aliphatic carbocycles. The van der Waals surface area contributed by atoms with E-state index in [1.807, 2.05) is 24.3 Å². The van der Waals surface area contributed by atoms with E-state index in [9.17, 15) is 32.4 Å². The summed E-state index contributed by atoms with van der Waals surface area (Å²) in [6.45, 7) is 5.06. The maximum atomic E-state index is 15.2. The second-order valence-corrected chi connectivity index (χ2v) is 17.3. The Labute approximate surface area is 301 Å². The molecule has 0 spiro atoms. The van der Waals surface area contributed by atoms with Crippen LogP contribution in [-0.2, 0) is 47.0 Å². The van der Waals surface area contributed by atoms with E-state index in [1.165, 1.54) is 17.1 Å². The van der Waals surface area contributed by atoms with Gasteiger partial charge in [-0.25, -0.2) is 26.8 Å². The topological polar surface area (TPSA) is 181 Å². The van der Waals surface area contributed by atoms with Crippen molar-refractivity contribution in [1.29, 1.82) is 0 Å². The smallest absolute Gasteiger partial charge is 0.410 e. The van der Waals surface area contributed by atoms with Crippen LogP contribution in [0, 0.1) is 5.92 Å². The minimum Gasteiger partial charge on any atom is -0.444 e. The molecule has 3 aliphatic heterocycles. The number of nitrogens with zero attached hydrogens (tertiary/aromatic N) is 2. The largest absolute Gasteiger partial charge is 0.444 e. The van der Waals surface area contributed by atoms with Gasteiger partial charge in [0.1, 0.15) is 29.3 Å². The number of allylic oxidation sites excluding steroid dienone is 1. The van der Waals surface area contributed by atoms with E-state index in [2.05, 4.69) is 15.4 Å². The predicted octanol–water partition coefficient (Wildman–Crippen LogP) is 3.25. The quantitative estimate of drug-likeness (QED) is 0.381. The van der Waals surface area contributed by atoms with Gasteiger partial charge in [0, 0.05) is 38.3 Å². The van der Waals surface area contributed by atoms with Crippen LogP contribution in [0.4, 0.5) is 18.4 Å². The van der Waals surface area contributed by atoms with Crippen LogP contribution in [0.2, 0.25) is 0 Å². The molecule has 1 aromatic carbocycles. The van der Waals surface area contributed by atoms with Crippen LogP contribution in [0.5, 0.6) is 0 Å². The standard InChI is InChI=1S/C35H45F2N5O9S/c1-33(2,3)51-31(46)38-26-13-15-34(36,37)14-7-6-10-23-17-35(23,30(45)40-52(48,49)25-11-12-25)39-28(43)27-16-24(20-42(27)29(26)44)50-32(47)41-18-21-8-4-5-9-22(21)19-41/h4-6,8-10,23-27H,7,11-20H2,1-3H3,(H,38,46)(H,39,43)(H,40,45)/t23-,24-,26+,27+,35-/m1/s1. The van der Waals surface area contributed by atoms with Gasteiger partial charge in [-0.3, -0.25) is 24.0 Å². The highest BCUT2D eigenvalue weighted by atomic mass is 32.2. The van der Waals surface area contributed by atoms with Crippen LogP contribution < -0.4 is 15.4 Å². The molecule has 2 saturated carbocycles. The molecule has 284 valence electrons. The molecule has 5 atom stereocenters. The summed E-state index contributed by atoms with van der Waals surface area (Å²) in [4.78, 5) is 70.7. The van der Waals surface area contributed by atoms with Crippen molar-refractivity contribution in [2.75, 3.05) is 6.54 Å². The number of halogens is 2. The number of hydrogen-bond acceptors (Lipinski definition) is 9. The first-order valence-corrected chi connectivity index (χ1v) is 19.2. The number of rotatable bonds is 5. The Bertz CT molecular complexity index is 1740. The van der Waals surface area contributed by atoms with Crippen molar-refractivity contribution in [1.82, 2.24) is 25.2 Å². The highest BCUT2D eigenvalue weighted by Crippen LogP contribution is 2.46. The highest BCUT2D eigenvalue weighted by Gasteiger charge is 2.62. The second-order valence-electron chi connectivity index (χ2n) is 15.4. The molecule has 52 heavy (non-hydrogen) atoms. The maximum absolute atomic E-state index is 15.2. The highest BCUT2D eigenvalue weighted by molar-refractivity contribution is 7.91. The maximum Gasteiger partial charge on any atom is 0.410 e. The van der Waals surface area contributed by atoms with E-state index in [0.717, 1.165) is 16.0 Å². The van der Waals surface area contributed by atoms with Gasteiger partial charge in [0.05, 0.1) is 11.8 Å². The molecule has 0 radical (unpaired) electrons. The Kier molecular flexibility index (Phi) is 10.0. The van der Waals surface area contributed by atoms with Crippen molar-refractivity contribution in [2.24, 2.45) is 5.92 Å². The fourth-order valence-corrected chi connectivity index (χ4v) is 8.33. The summed E-state index contributed by atoms with van der Waals surface area (Å²) in [5, 5.41) is 4.36. The van der Waals surface area contributed by atoms with E-state index < -0.39 is 106 Å². The van der Waals surface area contributed by atoms with Gasteiger partial charge in [-0.05, 0) is 64.0 Å². The molecule has 5 amide bonds. The van der Waals surface area contributed by atoms with Gasteiger partial charge >= 0.3 is 12.2 Å². The number of alkyl halides is 2. The van der Waals surface area contributed by atoms with Gasteiger partial charge in [-0.1, -0.05) is 36.4 Å². The monoisotopic (exact) mass is 749 g/mol. The lowest BCUT2D eigenvalue weighted by atomic mass is 10.0. The van der Waals surface area contributed by atoms with Crippen LogP contribution in [0.25, 0.3) is 0 Å². The van der Waals surface area contributed by atoms with E-state index in [1.54, 1.807) is 20.8 Å². The third-order valence-electron chi connectivity index (χ3n) is 10.0. The number of hydrogen-bond donors (Lipinski definition) is 3. The van der Waals surface area contributed by atoms with Crippen molar-refractivity contribution in [3.8, 4) is 0 Å². The Hall–Kier alpha value is -4.28. The summed E-state index contributed by atoms with van der Waals surface area (Å²) in [7, 11) is -4.01. The van der Waals surface area contributed by atoms with Crippen LogP contribution in [0.3, 0.4) is 0 Å². The molecule has 6 rings (SSSR count). The van der Waals surface area contributed by atoms with Crippen LogP contribution in [0.15, 0.2) is 36.4 Å². The minimum atomic E-state index is -4.01. The second kappa shape index (κ2) is 13.9. The lowest BCUT2D eigenvalue weighted by Crippen LogP contribution is -2.58. The first-order chi connectivity index (χ1) is 24.4. The van der Waals surface area contributed by atoms with Gasteiger partial charge in [-0.2, -0.15) is 0 Å². The molecule has 3 heterocycles. The Morgan fingerprint density at radius 2 is 1.69 bits per heavy atom. The predicted molar refractivity (Wildman–Crippen MR) is 181 cm³/mol. The van der Waals surface area contributed by atoms with E-state index in [0.29, 0.717) is 25.9 Å². The molecule has 14 nitrogen and oxygen atoms in total. The average molecular weight is 750 g/mol. The first kappa shape index (κ1) is 37.5. The molecule has 3 N–H and O–H groups in total. The summed E-state index contributed by atoms with van der Waals surface area (Å²) >= 11 is 0. The van der Waals surface area contributed by atoms with Crippen LogP contribution >= 0.6 is 0 Å².